The number of anilines is 1. The van der Waals surface area contributed by atoms with Crippen LogP contribution in [0.25, 0.3) is 11.3 Å². The molecule has 2 aromatic heterocycles. The molecule has 8 heteroatoms. The molecule has 5 aromatic rings. The van der Waals surface area contributed by atoms with E-state index >= 15 is 0 Å². The predicted octanol–water partition coefficient (Wildman–Crippen LogP) is 8.28. The first-order valence-electron chi connectivity index (χ1n) is 12.8. The van der Waals surface area contributed by atoms with E-state index in [4.69, 9.17) is 37.7 Å². The second kappa shape index (κ2) is 11.0. The molecule has 40 heavy (non-hydrogen) atoms. The van der Waals surface area contributed by atoms with Gasteiger partial charge < -0.3 is 24.1 Å². The Bertz CT molecular complexity index is 1640. The van der Waals surface area contributed by atoms with E-state index in [-0.39, 0.29) is 12.1 Å². The molecular formula is C32H26ClN3O3S. The zero-order valence-electron chi connectivity index (χ0n) is 21.9. The molecule has 0 spiro atoms. The van der Waals surface area contributed by atoms with Gasteiger partial charge in [0.15, 0.2) is 5.11 Å². The lowest BCUT2D eigenvalue weighted by atomic mass is 10.0. The van der Waals surface area contributed by atoms with E-state index in [1.54, 1.807) is 13.3 Å². The molecule has 2 atom stereocenters. The highest BCUT2D eigenvalue weighted by Crippen LogP contribution is 2.43. The van der Waals surface area contributed by atoms with Crippen LogP contribution in [0.4, 0.5) is 5.69 Å². The van der Waals surface area contributed by atoms with Gasteiger partial charge in [0.25, 0.3) is 0 Å². The lowest BCUT2D eigenvalue weighted by Crippen LogP contribution is -2.29. The molecule has 1 N–H and O–H groups in total. The topological polar surface area (TPSA) is 59.8 Å². The molecular weight excluding hydrogens is 542 g/mol. The molecule has 6 rings (SSSR count). The summed E-state index contributed by atoms with van der Waals surface area (Å²) in [6.07, 6.45) is 1.79. The van der Waals surface area contributed by atoms with Crippen molar-refractivity contribution in [2.24, 2.45) is 0 Å². The second-order valence-corrected chi connectivity index (χ2v) is 10.2. The molecule has 0 bridgehead atoms. The standard InChI is InChI=1S/C32H26ClN3O3S/c1-20-25(6-5-7-26(20)33)28-17-18-29(39-28)31-30(27-8-3-4-19-34-27)35-32(40)36(31)21-9-11-23(12-10-21)38-24-15-13-22(37-2)14-16-24/h3-19,30-31H,1-2H3,(H,35,40)/t30-,31-/m0/s1. The molecule has 3 heterocycles. The van der Waals surface area contributed by atoms with E-state index in [1.165, 1.54) is 0 Å². The summed E-state index contributed by atoms with van der Waals surface area (Å²) in [6.45, 7) is 1.99. The lowest BCUT2D eigenvalue weighted by Gasteiger charge is -2.26. The van der Waals surface area contributed by atoms with Crippen LogP contribution >= 0.6 is 23.8 Å². The van der Waals surface area contributed by atoms with Crippen molar-refractivity contribution < 1.29 is 13.9 Å². The summed E-state index contributed by atoms with van der Waals surface area (Å²) in [5.74, 6) is 3.71. The van der Waals surface area contributed by atoms with Crippen molar-refractivity contribution in [1.29, 1.82) is 0 Å². The Labute approximate surface area is 243 Å². The Morgan fingerprint density at radius 2 is 1.60 bits per heavy atom. The fourth-order valence-corrected chi connectivity index (χ4v) is 5.43. The van der Waals surface area contributed by atoms with Gasteiger partial charge in [-0.05, 0) is 104 Å². The summed E-state index contributed by atoms with van der Waals surface area (Å²) < 4.78 is 17.8. The number of rotatable bonds is 7. The summed E-state index contributed by atoms with van der Waals surface area (Å²) in [7, 11) is 1.64. The highest BCUT2D eigenvalue weighted by Gasteiger charge is 2.42. The summed E-state index contributed by atoms with van der Waals surface area (Å²) in [6, 6.07) is 30.5. The summed E-state index contributed by atoms with van der Waals surface area (Å²) in [5.41, 5.74) is 3.69. The number of hydrogen-bond acceptors (Lipinski definition) is 5. The average Bonchev–Trinajstić information content (AvgIpc) is 3.60. The highest BCUT2D eigenvalue weighted by atomic mass is 35.5. The maximum Gasteiger partial charge on any atom is 0.174 e. The van der Waals surface area contributed by atoms with Gasteiger partial charge in [-0.2, -0.15) is 0 Å². The molecule has 0 radical (unpaired) electrons. The van der Waals surface area contributed by atoms with Crippen molar-refractivity contribution in [1.82, 2.24) is 10.3 Å². The number of hydrogen-bond donors (Lipinski definition) is 1. The minimum atomic E-state index is -0.274. The van der Waals surface area contributed by atoms with Gasteiger partial charge in [0.05, 0.1) is 18.8 Å². The number of methoxy groups -OCH3 is 1. The van der Waals surface area contributed by atoms with Crippen LogP contribution in [0, 0.1) is 6.92 Å². The molecule has 200 valence electrons. The summed E-state index contributed by atoms with van der Waals surface area (Å²) in [4.78, 5) is 6.69. The number of nitrogens with zero attached hydrogens (tertiary/aromatic N) is 2. The van der Waals surface area contributed by atoms with Gasteiger partial charge >= 0.3 is 0 Å². The number of pyridine rings is 1. The zero-order chi connectivity index (χ0) is 27.6. The molecule has 0 unspecified atom stereocenters. The lowest BCUT2D eigenvalue weighted by molar-refractivity contribution is 0.413. The summed E-state index contributed by atoms with van der Waals surface area (Å²) in [5, 5.41) is 4.76. The van der Waals surface area contributed by atoms with Crippen LogP contribution in [-0.2, 0) is 0 Å². The molecule has 0 aliphatic carbocycles. The van der Waals surface area contributed by atoms with E-state index in [0.29, 0.717) is 15.9 Å². The van der Waals surface area contributed by atoms with Crippen molar-refractivity contribution >= 4 is 34.6 Å². The maximum absolute atomic E-state index is 6.50. The molecule has 1 fully saturated rings. The Morgan fingerprint density at radius 1 is 0.875 bits per heavy atom. The third-order valence-corrected chi connectivity index (χ3v) is 7.68. The molecule has 1 aliphatic heterocycles. The number of thiocarbonyl (C=S) groups is 1. The van der Waals surface area contributed by atoms with Crippen LogP contribution in [-0.4, -0.2) is 17.2 Å². The zero-order valence-corrected chi connectivity index (χ0v) is 23.4. The largest absolute Gasteiger partial charge is 0.497 e. The van der Waals surface area contributed by atoms with Crippen LogP contribution in [0.3, 0.4) is 0 Å². The normalized spacial score (nSPS) is 16.6. The molecule has 0 saturated carbocycles. The number of aromatic nitrogens is 1. The van der Waals surface area contributed by atoms with Crippen LogP contribution in [0.1, 0.15) is 29.1 Å². The number of benzene rings is 3. The quantitative estimate of drug-likeness (QED) is 0.198. The van der Waals surface area contributed by atoms with Gasteiger partial charge in [0.2, 0.25) is 0 Å². The maximum atomic E-state index is 6.50. The Balaban J connectivity index is 1.34. The molecule has 0 amide bonds. The van der Waals surface area contributed by atoms with E-state index in [1.807, 2.05) is 104 Å². The van der Waals surface area contributed by atoms with Crippen molar-refractivity contribution in [2.45, 2.75) is 19.0 Å². The predicted molar refractivity (Wildman–Crippen MR) is 161 cm³/mol. The summed E-state index contributed by atoms with van der Waals surface area (Å²) >= 11 is 12.3. The molecule has 1 saturated heterocycles. The Kier molecular flexibility index (Phi) is 7.15. The fourth-order valence-electron chi connectivity index (χ4n) is 4.91. The first kappa shape index (κ1) is 25.9. The molecule has 1 aliphatic rings. The number of nitrogens with one attached hydrogen (secondary N) is 1. The third-order valence-electron chi connectivity index (χ3n) is 6.96. The Hall–Kier alpha value is -4.33. The average molecular weight is 568 g/mol. The van der Waals surface area contributed by atoms with Crippen LogP contribution in [0.5, 0.6) is 17.2 Å². The molecule has 3 aromatic carbocycles. The third kappa shape index (κ3) is 5.01. The van der Waals surface area contributed by atoms with Crippen molar-refractivity contribution in [3.05, 3.63) is 125 Å². The number of furan rings is 1. The Morgan fingerprint density at radius 3 is 2.30 bits per heavy atom. The van der Waals surface area contributed by atoms with Crippen LogP contribution < -0.4 is 19.7 Å². The van der Waals surface area contributed by atoms with Crippen molar-refractivity contribution in [2.75, 3.05) is 12.0 Å². The van der Waals surface area contributed by atoms with Crippen molar-refractivity contribution in [3.8, 4) is 28.6 Å². The van der Waals surface area contributed by atoms with Gasteiger partial charge in [0, 0.05) is 22.5 Å². The van der Waals surface area contributed by atoms with E-state index < -0.39 is 0 Å². The number of halogens is 1. The second-order valence-electron chi connectivity index (χ2n) is 9.38. The van der Waals surface area contributed by atoms with Gasteiger partial charge in [-0.1, -0.05) is 29.8 Å². The van der Waals surface area contributed by atoms with E-state index in [9.17, 15) is 0 Å². The van der Waals surface area contributed by atoms with Crippen LogP contribution in [0.2, 0.25) is 5.02 Å². The highest BCUT2D eigenvalue weighted by molar-refractivity contribution is 7.80. The minimum absolute atomic E-state index is 0.219. The minimum Gasteiger partial charge on any atom is -0.497 e. The van der Waals surface area contributed by atoms with Gasteiger partial charge in [-0.25, -0.2) is 0 Å². The number of ether oxygens (including phenoxy) is 2. The first-order chi connectivity index (χ1) is 19.5. The van der Waals surface area contributed by atoms with Crippen LogP contribution in [0.15, 0.2) is 108 Å². The van der Waals surface area contributed by atoms with Gasteiger partial charge in [-0.15, -0.1) is 0 Å². The smallest absolute Gasteiger partial charge is 0.174 e. The van der Waals surface area contributed by atoms with E-state index in [2.05, 4.69) is 15.2 Å². The monoisotopic (exact) mass is 567 g/mol. The van der Waals surface area contributed by atoms with Crippen molar-refractivity contribution in [3.63, 3.8) is 0 Å². The molecule has 6 nitrogen and oxygen atoms in total. The first-order valence-corrected chi connectivity index (χ1v) is 13.6. The SMILES string of the molecule is COc1ccc(Oc2ccc(N3C(=S)N[C@@H](c4ccccn4)[C@@H]3c3ccc(-c4cccc(Cl)c4C)o3)cc2)cc1. The van der Waals surface area contributed by atoms with E-state index in [0.717, 1.165) is 45.5 Å². The van der Waals surface area contributed by atoms with Gasteiger partial charge in [0.1, 0.15) is 34.8 Å². The van der Waals surface area contributed by atoms with Gasteiger partial charge in [-0.3, -0.25) is 4.98 Å². The fraction of sp³-hybridized carbons (Fsp3) is 0.125.